The second kappa shape index (κ2) is 13.2. The van der Waals surface area contributed by atoms with E-state index in [2.05, 4.69) is 27.7 Å². The zero-order chi connectivity index (χ0) is 16.0. The molecule has 0 radical (unpaired) electrons. The van der Waals surface area contributed by atoms with E-state index in [9.17, 15) is 4.79 Å². The van der Waals surface area contributed by atoms with Gasteiger partial charge in [0.15, 0.2) is 0 Å². The molecule has 0 rings (SSSR count). The van der Waals surface area contributed by atoms with Crippen molar-refractivity contribution in [3.8, 4) is 0 Å². The van der Waals surface area contributed by atoms with Crippen molar-refractivity contribution in [3.63, 3.8) is 0 Å². The third kappa shape index (κ3) is 17.4. The lowest BCUT2D eigenvalue weighted by atomic mass is 9.99. The first-order valence-electron chi connectivity index (χ1n) is 9.11. The second-order valence-corrected chi connectivity index (χ2v) is 7.51. The number of carbonyl (C=O) groups excluding carboxylic acids is 1. The van der Waals surface area contributed by atoms with Crippen LogP contribution >= 0.6 is 0 Å². The largest absolute Gasteiger partial charge is 0.465 e. The van der Waals surface area contributed by atoms with E-state index in [-0.39, 0.29) is 11.4 Å². The van der Waals surface area contributed by atoms with Crippen molar-refractivity contribution in [1.29, 1.82) is 0 Å². The summed E-state index contributed by atoms with van der Waals surface area (Å²) in [7, 11) is 0. The fraction of sp³-hybridized carbons (Fsp3) is 0.947. The van der Waals surface area contributed by atoms with Crippen LogP contribution in [0.5, 0.6) is 0 Å². The molecule has 0 aliphatic carbocycles. The third-order valence-electron chi connectivity index (χ3n) is 3.65. The number of carbonyl (C=O) groups is 1. The van der Waals surface area contributed by atoms with Crippen LogP contribution in [-0.2, 0) is 9.53 Å². The lowest BCUT2D eigenvalue weighted by Gasteiger charge is -2.17. The predicted octanol–water partition coefficient (Wildman–Crippen LogP) is 6.28. The molecule has 2 nitrogen and oxygen atoms in total. The van der Waals surface area contributed by atoms with Gasteiger partial charge in [-0.2, -0.15) is 0 Å². The topological polar surface area (TPSA) is 26.3 Å². The van der Waals surface area contributed by atoms with E-state index >= 15 is 0 Å². The normalized spacial score (nSPS) is 11.6. The number of ether oxygens (including phenoxy) is 1. The molecule has 2 heteroatoms. The molecular formula is C19H38O2. The number of unbranched alkanes of at least 4 members (excludes halogenated alkanes) is 10. The Bertz CT molecular complexity index is 240. The monoisotopic (exact) mass is 298 g/mol. The van der Waals surface area contributed by atoms with E-state index in [0.717, 1.165) is 6.42 Å². The molecule has 0 aliphatic rings. The first-order chi connectivity index (χ1) is 9.95. The van der Waals surface area contributed by atoms with Crippen LogP contribution in [0.1, 0.15) is 105 Å². The van der Waals surface area contributed by atoms with E-state index in [1.54, 1.807) is 0 Å². The first kappa shape index (κ1) is 20.5. The molecule has 0 bridgehead atoms. The van der Waals surface area contributed by atoms with Gasteiger partial charge in [0.2, 0.25) is 0 Å². The number of rotatable bonds is 13. The minimum Gasteiger partial charge on any atom is -0.465 e. The standard InChI is InChI=1S/C19H38O2/c1-5-6-7-8-9-10-11-12-13-14-15-16-18(20)21-17-19(2,3)4/h5-17H2,1-4H3. The highest BCUT2D eigenvalue weighted by atomic mass is 16.5. The van der Waals surface area contributed by atoms with Gasteiger partial charge in [0.05, 0.1) is 6.61 Å². The second-order valence-electron chi connectivity index (χ2n) is 7.51. The molecule has 0 aromatic rings. The van der Waals surface area contributed by atoms with Gasteiger partial charge in [-0.15, -0.1) is 0 Å². The van der Waals surface area contributed by atoms with E-state index in [4.69, 9.17) is 4.74 Å². The van der Waals surface area contributed by atoms with Crippen LogP contribution < -0.4 is 0 Å². The Morgan fingerprint density at radius 3 is 1.62 bits per heavy atom. The molecule has 0 N–H and O–H groups in total. The Hall–Kier alpha value is -0.530. The lowest BCUT2D eigenvalue weighted by molar-refractivity contribution is -0.146. The lowest BCUT2D eigenvalue weighted by Crippen LogP contribution is -2.18. The fourth-order valence-corrected chi connectivity index (χ4v) is 2.30. The van der Waals surface area contributed by atoms with Crippen molar-refractivity contribution in [2.24, 2.45) is 5.41 Å². The van der Waals surface area contributed by atoms with Gasteiger partial charge in [0.25, 0.3) is 0 Å². The molecule has 0 spiro atoms. The molecule has 0 atom stereocenters. The van der Waals surface area contributed by atoms with E-state index in [1.807, 2.05) is 0 Å². The Morgan fingerprint density at radius 2 is 1.19 bits per heavy atom. The fourth-order valence-electron chi connectivity index (χ4n) is 2.30. The molecule has 0 aromatic carbocycles. The smallest absolute Gasteiger partial charge is 0.305 e. The maximum Gasteiger partial charge on any atom is 0.305 e. The van der Waals surface area contributed by atoms with Crippen LogP contribution in [0.4, 0.5) is 0 Å². The van der Waals surface area contributed by atoms with Gasteiger partial charge < -0.3 is 4.74 Å². The summed E-state index contributed by atoms with van der Waals surface area (Å²) in [5, 5.41) is 0. The summed E-state index contributed by atoms with van der Waals surface area (Å²) in [6.07, 6.45) is 15.0. The van der Waals surface area contributed by atoms with Crippen LogP contribution in [0.2, 0.25) is 0 Å². The Balaban J connectivity index is 3.20. The summed E-state index contributed by atoms with van der Waals surface area (Å²) in [5.74, 6) is -0.0270. The van der Waals surface area contributed by atoms with Crippen molar-refractivity contribution < 1.29 is 9.53 Å². The van der Waals surface area contributed by atoms with Crippen LogP contribution in [0.25, 0.3) is 0 Å². The summed E-state index contributed by atoms with van der Waals surface area (Å²) in [5.41, 5.74) is 0.0762. The van der Waals surface area contributed by atoms with Gasteiger partial charge in [0, 0.05) is 6.42 Å². The number of esters is 1. The Kier molecular flexibility index (Phi) is 12.8. The minimum absolute atomic E-state index is 0.0270. The third-order valence-corrected chi connectivity index (χ3v) is 3.65. The summed E-state index contributed by atoms with van der Waals surface area (Å²) < 4.78 is 5.26. The minimum atomic E-state index is -0.0270. The van der Waals surface area contributed by atoms with Crippen LogP contribution in [0.3, 0.4) is 0 Å². The SMILES string of the molecule is CCCCCCCCCCCCCC(=O)OCC(C)(C)C. The molecule has 0 heterocycles. The molecule has 0 saturated carbocycles. The molecule has 21 heavy (non-hydrogen) atoms. The average Bonchev–Trinajstić information content (AvgIpc) is 2.42. The van der Waals surface area contributed by atoms with E-state index in [1.165, 1.54) is 64.2 Å². The van der Waals surface area contributed by atoms with Crippen LogP contribution in [-0.4, -0.2) is 12.6 Å². The molecule has 0 amide bonds. The van der Waals surface area contributed by atoms with Gasteiger partial charge in [-0.1, -0.05) is 91.9 Å². The Labute approximate surface area is 133 Å². The van der Waals surface area contributed by atoms with Crippen molar-refractivity contribution in [1.82, 2.24) is 0 Å². The molecule has 0 aliphatic heterocycles. The van der Waals surface area contributed by atoms with E-state index < -0.39 is 0 Å². The molecule has 0 aromatic heterocycles. The molecule has 126 valence electrons. The van der Waals surface area contributed by atoms with Gasteiger partial charge in [0.1, 0.15) is 0 Å². The average molecular weight is 299 g/mol. The van der Waals surface area contributed by atoms with Gasteiger partial charge in [-0.25, -0.2) is 0 Å². The summed E-state index contributed by atoms with van der Waals surface area (Å²) in [6, 6.07) is 0. The van der Waals surface area contributed by atoms with Crippen molar-refractivity contribution in [2.45, 2.75) is 105 Å². The molecular weight excluding hydrogens is 260 g/mol. The van der Waals surface area contributed by atoms with Crippen molar-refractivity contribution >= 4 is 5.97 Å². The predicted molar refractivity (Wildman–Crippen MR) is 91.5 cm³/mol. The quantitative estimate of drug-likeness (QED) is 0.295. The number of hydrogen-bond acceptors (Lipinski definition) is 2. The maximum absolute atomic E-state index is 11.5. The van der Waals surface area contributed by atoms with Gasteiger partial charge in [-0.05, 0) is 11.8 Å². The van der Waals surface area contributed by atoms with Gasteiger partial charge in [-0.3, -0.25) is 4.79 Å². The van der Waals surface area contributed by atoms with Crippen LogP contribution in [0, 0.1) is 5.41 Å². The molecule has 0 saturated heterocycles. The molecule has 0 fully saturated rings. The maximum atomic E-state index is 11.5. The Morgan fingerprint density at radius 1 is 0.762 bits per heavy atom. The number of hydrogen-bond donors (Lipinski definition) is 0. The molecule has 0 unspecified atom stereocenters. The highest BCUT2D eigenvalue weighted by Crippen LogP contribution is 2.15. The zero-order valence-corrected chi connectivity index (χ0v) is 15.0. The summed E-state index contributed by atoms with van der Waals surface area (Å²) in [6.45, 7) is 9.05. The highest BCUT2D eigenvalue weighted by molar-refractivity contribution is 5.69. The summed E-state index contributed by atoms with van der Waals surface area (Å²) in [4.78, 5) is 11.5. The van der Waals surface area contributed by atoms with Crippen LogP contribution in [0.15, 0.2) is 0 Å². The first-order valence-corrected chi connectivity index (χ1v) is 9.11. The zero-order valence-electron chi connectivity index (χ0n) is 15.0. The van der Waals surface area contributed by atoms with Crippen molar-refractivity contribution in [3.05, 3.63) is 0 Å². The van der Waals surface area contributed by atoms with E-state index in [0.29, 0.717) is 13.0 Å². The van der Waals surface area contributed by atoms with Crippen molar-refractivity contribution in [2.75, 3.05) is 6.61 Å². The van der Waals surface area contributed by atoms with Gasteiger partial charge >= 0.3 is 5.97 Å². The summed E-state index contributed by atoms with van der Waals surface area (Å²) >= 11 is 0. The highest BCUT2D eigenvalue weighted by Gasteiger charge is 2.13.